The number of aryl methyl sites for hydroxylation is 2. The van der Waals surface area contributed by atoms with Crippen molar-refractivity contribution in [3.63, 3.8) is 0 Å². The lowest BCUT2D eigenvalue weighted by Gasteiger charge is -2.36. The van der Waals surface area contributed by atoms with Crippen LogP contribution in [0, 0.1) is 6.92 Å². The van der Waals surface area contributed by atoms with Crippen LogP contribution >= 0.6 is 11.3 Å². The van der Waals surface area contributed by atoms with Crippen LogP contribution in [-0.4, -0.2) is 64.6 Å². The highest BCUT2D eigenvalue weighted by molar-refractivity contribution is 7.09. The summed E-state index contributed by atoms with van der Waals surface area (Å²) >= 11 is 1.85. The molecule has 3 rings (SSSR count). The van der Waals surface area contributed by atoms with E-state index in [1.807, 2.05) is 17.5 Å². The molecular weight excluding hydrogens is 356 g/mol. The maximum atomic E-state index is 4.87. The Morgan fingerprint density at radius 1 is 1.26 bits per heavy atom. The summed E-state index contributed by atoms with van der Waals surface area (Å²) < 4.78 is 2.21. The van der Waals surface area contributed by atoms with Crippen molar-refractivity contribution in [3.05, 3.63) is 40.6 Å². The smallest absolute Gasteiger partial charge is 0.194 e. The SMILES string of the molecule is CCNC(=NCCCCn1ccnc1C)N1CCN(Cc2cccs2)CC1. The fourth-order valence-electron chi connectivity index (χ4n) is 3.39. The molecule has 0 amide bonds. The molecule has 0 saturated carbocycles. The minimum Gasteiger partial charge on any atom is -0.357 e. The monoisotopic (exact) mass is 388 g/mol. The number of piperazine rings is 1. The van der Waals surface area contributed by atoms with Crippen LogP contribution in [0.1, 0.15) is 30.5 Å². The van der Waals surface area contributed by atoms with Gasteiger partial charge in [0.15, 0.2) is 5.96 Å². The van der Waals surface area contributed by atoms with Crippen molar-refractivity contribution < 1.29 is 0 Å². The molecule has 2 aromatic rings. The summed E-state index contributed by atoms with van der Waals surface area (Å²) in [7, 11) is 0. The molecule has 3 heterocycles. The van der Waals surface area contributed by atoms with Gasteiger partial charge in [0.05, 0.1) is 0 Å². The summed E-state index contributed by atoms with van der Waals surface area (Å²) in [6.07, 6.45) is 6.16. The van der Waals surface area contributed by atoms with E-state index in [0.717, 1.165) is 77.0 Å². The quantitative estimate of drug-likeness (QED) is 0.429. The molecule has 27 heavy (non-hydrogen) atoms. The minimum absolute atomic E-state index is 0.880. The molecule has 1 saturated heterocycles. The van der Waals surface area contributed by atoms with E-state index in [2.05, 4.69) is 62.2 Å². The molecule has 0 spiro atoms. The van der Waals surface area contributed by atoms with Crippen LogP contribution < -0.4 is 5.32 Å². The molecule has 1 aliphatic heterocycles. The second-order valence-electron chi connectivity index (χ2n) is 6.95. The van der Waals surface area contributed by atoms with Crippen LogP contribution in [0.25, 0.3) is 0 Å². The summed E-state index contributed by atoms with van der Waals surface area (Å²) in [5.74, 6) is 2.17. The lowest BCUT2D eigenvalue weighted by Crippen LogP contribution is -2.52. The predicted molar refractivity (Wildman–Crippen MR) is 113 cm³/mol. The zero-order valence-electron chi connectivity index (χ0n) is 16.6. The average molecular weight is 389 g/mol. The van der Waals surface area contributed by atoms with Crippen LogP contribution in [0.5, 0.6) is 0 Å². The van der Waals surface area contributed by atoms with Crippen LogP contribution in [-0.2, 0) is 13.1 Å². The molecule has 0 unspecified atom stereocenters. The van der Waals surface area contributed by atoms with E-state index in [4.69, 9.17) is 4.99 Å². The van der Waals surface area contributed by atoms with Crippen LogP contribution in [0.3, 0.4) is 0 Å². The van der Waals surface area contributed by atoms with Gasteiger partial charge in [0.2, 0.25) is 0 Å². The Labute approximate surface area is 166 Å². The molecule has 0 aromatic carbocycles. The Hall–Kier alpha value is -1.86. The Bertz CT molecular complexity index is 685. The summed E-state index contributed by atoms with van der Waals surface area (Å²) in [4.78, 5) is 15.6. The van der Waals surface area contributed by atoms with E-state index < -0.39 is 0 Å². The third kappa shape index (κ3) is 6.07. The van der Waals surface area contributed by atoms with E-state index in [1.165, 1.54) is 4.88 Å². The molecule has 1 fully saturated rings. The Balaban J connectivity index is 1.41. The summed E-state index contributed by atoms with van der Waals surface area (Å²) in [5.41, 5.74) is 0. The first-order valence-electron chi connectivity index (χ1n) is 10.0. The number of rotatable bonds is 8. The van der Waals surface area contributed by atoms with Gasteiger partial charge in [0.25, 0.3) is 0 Å². The molecular formula is C20H32N6S. The van der Waals surface area contributed by atoms with E-state index in [0.29, 0.717) is 0 Å². The van der Waals surface area contributed by atoms with Gasteiger partial charge in [-0.3, -0.25) is 9.89 Å². The van der Waals surface area contributed by atoms with E-state index >= 15 is 0 Å². The van der Waals surface area contributed by atoms with E-state index in [1.54, 1.807) is 0 Å². The van der Waals surface area contributed by atoms with E-state index in [9.17, 15) is 0 Å². The molecule has 7 heteroatoms. The number of unbranched alkanes of at least 4 members (excludes halogenated alkanes) is 1. The molecule has 1 N–H and O–H groups in total. The molecule has 0 bridgehead atoms. The Morgan fingerprint density at radius 2 is 2.11 bits per heavy atom. The number of hydrogen-bond acceptors (Lipinski definition) is 4. The number of imidazole rings is 1. The van der Waals surface area contributed by atoms with Crippen LogP contribution in [0.2, 0.25) is 0 Å². The van der Waals surface area contributed by atoms with Crippen molar-refractivity contribution in [2.45, 2.75) is 39.8 Å². The van der Waals surface area contributed by atoms with Crippen molar-refractivity contribution in [2.24, 2.45) is 4.99 Å². The molecule has 0 radical (unpaired) electrons. The molecule has 0 atom stereocenters. The number of hydrogen-bond donors (Lipinski definition) is 1. The Morgan fingerprint density at radius 3 is 2.78 bits per heavy atom. The highest BCUT2D eigenvalue weighted by atomic mass is 32.1. The van der Waals surface area contributed by atoms with Crippen molar-refractivity contribution >= 4 is 17.3 Å². The molecule has 148 valence electrons. The molecule has 6 nitrogen and oxygen atoms in total. The lowest BCUT2D eigenvalue weighted by molar-refractivity contribution is 0.173. The second kappa shape index (κ2) is 10.5. The number of nitrogens with one attached hydrogen (secondary N) is 1. The summed E-state index contributed by atoms with van der Waals surface area (Å²) in [6.45, 7) is 12.4. The lowest BCUT2D eigenvalue weighted by atomic mass is 10.3. The summed E-state index contributed by atoms with van der Waals surface area (Å²) in [5, 5.41) is 5.63. The number of guanidine groups is 1. The fraction of sp³-hybridized carbons (Fsp3) is 0.600. The molecule has 1 aliphatic rings. The highest BCUT2D eigenvalue weighted by Crippen LogP contribution is 2.13. The number of aliphatic imine (C=N–C) groups is 1. The van der Waals surface area contributed by atoms with Gasteiger partial charge in [0.1, 0.15) is 5.82 Å². The first-order chi connectivity index (χ1) is 13.3. The average Bonchev–Trinajstić information content (AvgIpc) is 3.33. The minimum atomic E-state index is 0.880. The van der Waals surface area contributed by atoms with Gasteiger partial charge < -0.3 is 14.8 Å². The van der Waals surface area contributed by atoms with Crippen molar-refractivity contribution in [2.75, 3.05) is 39.3 Å². The number of aromatic nitrogens is 2. The molecule has 0 aliphatic carbocycles. The zero-order valence-corrected chi connectivity index (χ0v) is 17.4. The van der Waals surface area contributed by atoms with Gasteiger partial charge in [0, 0.05) is 69.6 Å². The Kier molecular flexibility index (Phi) is 7.71. The van der Waals surface area contributed by atoms with Crippen molar-refractivity contribution in [3.8, 4) is 0 Å². The molecule has 2 aromatic heterocycles. The van der Waals surface area contributed by atoms with Gasteiger partial charge in [-0.05, 0) is 38.1 Å². The van der Waals surface area contributed by atoms with Gasteiger partial charge in [-0.15, -0.1) is 11.3 Å². The maximum Gasteiger partial charge on any atom is 0.194 e. The number of thiophene rings is 1. The fourth-order valence-corrected chi connectivity index (χ4v) is 4.13. The largest absolute Gasteiger partial charge is 0.357 e. The van der Waals surface area contributed by atoms with Gasteiger partial charge in [-0.1, -0.05) is 6.07 Å². The predicted octanol–water partition coefficient (Wildman–Crippen LogP) is 2.82. The van der Waals surface area contributed by atoms with Crippen LogP contribution in [0.4, 0.5) is 0 Å². The van der Waals surface area contributed by atoms with Gasteiger partial charge >= 0.3 is 0 Å². The third-order valence-electron chi connectivity index (χ3n) is 4.96. The summed E-state index contributed by atoms with van der Waals surface area (Å²) in [6, 6.07) is 4.37. The normalized spacial score (nSPS) is 16.1. The van der Waals surface area contributed by atoms with Gasteiger partial charge in [-0.25, -0.2) is 4.98 Å². The first kappa shape index (κ1) is 19.9. The van der Waals surface area contributed by atoms with Gasteiger partial charge in [-0.2, -0.15) is 0 Å². The topological polar surface area (TPSA) is 48.7 Å². The van der Waals surface area contributed by atoms with Crippen molar-refractivity contribution in [1.82, 2.24) is 24.7 Å². The zero-order chi connectivity index (χ0) is 18.9. The van der Waals surface area contributed by atoms with Crippen molar-refractivity contribution in [1.29, 1.82) is 0 Å². The number of nitrogens with zero attached hydrogens (tertiary/aromatic N) is 5. The second-order valence-corrected chi connectivity index (χ2v) is 7.99. The standard InChI is InChI=1S/C20H32N6S/c1-3-21-20(23-8-4-5-10-25-11-9-22-18(25)2)26-14-12-24(13-15-26)17-19-7-6-16-27-19/h6-7,9,11,16H,3-5,8,10,12-15,17H2,1-2H3,(H,21,23). The van der Waals surface area contributed by atoms with Crippen LogP contribution in [0.15, 0.2) is 34.9 Å². The first-order valence-corrected chi connectivity index (χ1v) is 10.9. The van der Waals surface area contributed by atoms with E-state index in [-0.39, 0.29) is 0 Å². The third-order valence-corrected chi connectivity index (χ3v) is 5.82. The maximum absolute atomic E-state index is 4.87. The highest BCUT2D eigenvalue weighted by Gasteiger charge is 2.19.